The highest BCUT2D eigenvalue weighted by Crippen LogP contribution is 2.43. The van der Waals surface area contributed by atoms with Crippen molar-refractivity contribution in [3.63, 3.8) is 0 Å². The summed E-state index contributed by atoms with van der Waals surface area (Å²) in [5.74, 6) is 0. The first-order chi connectivity index (χ1) is 8.96. The third-order valence-electron chi connectivity index (χ3n) is 3.52. The second-order valence-corrected chi connectivity index (χ2v) is 7.37. The lowest BCUT2D eigenvalue weighted by Crippen LogP contribution is -2.35. The lowest BCUT2D eigenvalue weighted by atomic mass is 9.75. The first kappa shape index (κ1) is 14.9. The summed E-state index contributed by atoms with van der Waals surface area (Å²) < 4.78 is 1.48. The molecule has 0 aliphatic carbocycles. The highest BCUT2D eigenvalue weighted by Gasteiger charge is 2.33. The minimum absolute atomic E-state index is 0.0793. The predicted octanol–water partition coefficient (Wildman–Crippen LogP) is 5.29. The summed E-state index contributed by atoms with van der Waals surface area (Å²) in [7, 11) is 1.96. The van der Waals surface area contributed by atoms with Crippen molar-refractivity contribution >= 4 is 34.5 Å². The summed E-state index contributed by atoms with van der Waals surface area (Å²) >= 11 is 13.8. The molecule has 0 aliphatic heterocycles. The van der Waals surface area contributed by atoms with Crippen molar-refractivity contribution in [2.75, 3.05) is 7.05 Å². The molecule has 2 aromatic rings. The smallest absolute Gasteiger partial charge is 0.0992 e. The van der Waals surface area contributed by atoms with Gasteiger partial charge in [-0.1, -0.05) is 67.4 Å². The summed E-state index contributed by atoms with van der Waals surface area (Å²) in [6, 6.07) is 12.5. The van der Waals surface area contributed by atoms with E-state index in [9.17, 15) is 0 Å². The Kier molecular flexibility index (Phi) is 4.57. The van der Waals surface area contributed by atoms with Crippen LogP contribution in [0.4, 0.5) is 0 Å². The zero-order valence-electron chi connectivity index (χ0n) is 11.2. The molecule has 2 rings (SSSR count). The van der Waals surface area contributed by atoms with Gasteiger partial charge in [-0.05, 0) is 18.7 Å². The molecule has 0 spiro atoms. The zero-order valence-corrected chi connectivity index (χ0v) is 13.5. The van der Waals surface area contributed by atoms with Gasteiger partial charge < -0.3 is 5.32 Å². The van der Waals surface area contributed by atoms with Gasteiger partial charge in [0.05, 0.1) is 8.67 Å². The number of hydrogen-bond acceptors (Lipinski definition) is 2. The molecule has 0 fully saturated rings. The molecule has 1 aromatic heterocycles. The van der Waals surface area contributed by atoms with Crippen molar-refractivity contribution in [3.8, 4) is 0 Å². The molecular weight excluding hydrogens is 297 g/mol. The molecule has 19 heavy (non-hydrogen) atoms. The quantitative estimate of drug-likeness (QED) is 0.808. The molecule has 0 radical (unpaired) electrons. The van der Waals surface area contributed by atoms with E-state index in [0.717, 1.165) is 14.2 Å². The monoisotopic (exact) mass is 313 g/mol. The topological polar surface area (TPSA) is 12.0 Å². The number of thiophene rings is 1. The van der Waals surface area contributed by atoms with E-state index >= 15 is 0 Å². The van der Waals surface area contributed by atoms with E-state index in [-0.39, 0.29) is 11.5 Å². The largest absolute Gasteiger partial charge is 0.312 e. The Labute approximate surface area is 128 Å². The van der Waals surface area contributed by atoms with Crippen LogP contribution < -0.4 is 5.32 Å². The minimum Gasteiger partial charge on any atom is -0.312 e. The van der Waals surface area contributed by atoms with Crippen LogP contribution in [0.15, 0.2) is 36.4 Å². The van der Waals surface area contributed by atoms with Crippen molar-refractivity contribution in [2.45, 2.75) is 25.3 Å². The summed E-state index contributed by atoms with van der Waals surface area (Å²) in [6.45, 7) is 4.43. The van der Waals surface area contributed by atoms with E-state index in [1.807, 2.05) is 19.2 Å². The maximum absolute atomic E-state index is 6.31. The van der Waals surface area contributed by atoms with E-state index < -0.39 is 0 Å². The van der Waals surface area contributed by atoms with Crippen molar-refractivity contribution in [2.24, 2.45) is 0 Å². The third-order valence-corrected chi connectivity index (χ3v) is 5.04. The summed E-state index contributed by atoms with van der Waals surface area (Å²) in [6.07, 6.45) is 0. The Balaban J connectivity index is 2.44. The number of likely N-dealkylation sites (N-methyl/N-ethyl adjacent to an activating group) is 1. The molecule has 0 saturated heterocycles. The van der Waals surface area contributed by atoms with E-state index in [1.54, 1.807) is 0 Å². The Hall–Kier alpha value is -0.540. The predicted molar refractivity (Wildman–Crippen MR) is 85.6 cm³/mol. The van der Waals surface area contributed by atoms with Crippen LogP contribution in [-0.2, 0) is 5.41 Å². The maximum Gasteiger partial charge on any atom is 0.0992 e. The van der Waals surface area contributed by atoms with Gasteiger partial charge in [0.1, 0.15) is 0 Å². The van der Waals surface area contributed by atoms with Crippen LogP contribution in [0, 0.1) is 0 Å². The molecular formula is C15H17Cl2NS. The van der Waals surface area contributed by atoms with Gasteiger partial charge in [0.25, 0.3) is 0 Å². The van der Waals surface area contributed by atoms with Gasteiger partial charge in [-0.2, -0.15) is 0 Å². The fourth-order valence-electron chi connectivity index (χ4n) is 2.49. The normalized spacial score (nSPS) is 13.5. The highest BCUT2D eigenvalue weighted by molar-refractivity contribution is 7.20. The molecule has 1 N–H and O–H groups in total. The lowest BCUT2D eigenvalue weighted by Gasteiger charge is -2.35. The Morgan fingerprint density at radius 1 is 1.16 bits per heavy atom. The molecule has 1 nitrogen and oxygen atoms in total. The highest BCUT2D eigenvalue weighted by atomic mass is 35.5. The molecule has 0 amide bonds. The van der Waals surface area contributed by atoms with Gasteiger partial charge in [-0.15, -0.1) is 11.3 Å². The molecule has 0 aliphatic rings. The third kappa shape index (κ3) is 2.97. The van der Waals surface area contributed by atoms with Crippen molar-refractivity contribution in [3.05, 3.63) is 56.2 Å². The lowest BCUT2D eigenvalue weighted by molar-refractivity contribution is 0.369. The van der Waals surface area contributed by atoms with Gasteiger partial charge in [0, 0.05) is 17.0 Å². The van der Waals surface area contributed by atoms with E-state index in [0.29, 0.717) is 0 Å². The first-order valence-electron chi connectivity index (χ1n) is 6.14. The Bertz CT molecular complexity index is 549. The van der Waals surface area contributed by atoms with Gasteiger partial charge in [0.15, 0.2) is 0 Å². The molecule has 1 atom stereocenters. The number of hydrogen-bond donors (Lipinski definition) is 1. The molecule has 102 valence electrons. The SMILES string of the molecule is CNC(c1cc(Cl)sc1Cl)C(C)(C)c1ccccc1. The minimum atomic E-state index is -0.0793. The first-order valence-corrected chi connectivity index (χ1v) is 7.71. The van der Waals surface area contributed by atoms with Crippen LogP contribution in [0.25, 0.3) is 0 Å². The van der Waals surface area contributed by atoms with Gasteiger partial charge in [-0.25, -0.2) is 0 Å². The van der Waals surface area contributed by atoms with E-state index in [4.69, 9.17) is 23.2 Å². The van der Waals surface area contributed by atoms with Crippen molar-refractivity contribution in [1.82, 2.24) is 5.32 Å². The second kappa shape index (κ2) is 5.84. The number of halogens is 2. The fourth-order valence-corrected chi connectivity index (χ4v) is 4.02. The average molecular weight is 314 g/mol. The number of nitrogens with one attached hydrogen (secondary N) is 1. The van der Waals surface area contributed by atoms with Crippen molar-refractivity contribution < 1.29 is 0 Å². The average Bonchev–Trinajstić information content (AvgIpc) is 2.70. The van der Waals surface area contributed by atoms with Crippen LogP contribution in [-0.4, -0.2) is 7.05 Å². The van der Waals surface area contributed by atoms with E-state index in [1.165, 1.54) is 16.9 Å². The van der Waals surface area contributed by atoms with Crippen molar-refractivity contribution in [1.29, 1.82) is 0 Å². The maximum atomic E-state index is 6.31. The molecule has 1 aromatic carbocycles. The standard InChI is InChI=1S/C15H17Cl2NS/c1-15(2,10-7-5-4-6-8-10)13(18-3)11-9-12(16)19-14(11)17/h4-9,13,18H,1-3H3. The zero-order chi connectivity index (χ0) is 14.0. The summed E-state index contributed by atoms with van der Waals surface area (Å²) in [5.41, 5.74) is 2.25. The van der Waals surface area contributed by atoms with Crippen LogP contribution in [0.5, 0.6) is 0 Å². The van der Waals surface area contributed by atoms with Gasteiger partial charge in [-0.3, -0.25) is 0 Å². The fraction of sp³-hybridized carbons (Fsp3) is 0.333. The molecule has 4 heteroatoms. The van der Waals surface area contributed by atoms with Crippen LogP contribution in [0.3, 0.4) is 0 Å². The molecule has 1 unspecified atom stereocenters. The number of rotatable bonds is 4. The molecule has 0 saturated carbocycles. The van der Waals surface area contributed by atoms with Crippen LogP contribution in [0.1, 0.15) is 31.0 Å². The van der Waals surface area contributed by atoms with Crippen LogP contribution >= 0.6 is 34.5 Å². The Morgan fingerprint density at radius 3 is 2.26 bits per heavy atom. The summed E-state index contributed by atoms with van der Waals surface area (Å²) in [5, 5.41) is 3.37. The van der Waals surface area contributed by atoms with Gasteiger partial charge >= 0.3 is 0 Å². The molecule has 1 heterocycles. The summed E-state index contributed by atoms with van der Waals surface area (Å²) in [4.78, 5) is 0. The Morgan fingerprint density at radius 2 is 1.79 bits per heavy atom. The van der Waals surface area contributed by atoms with Crippen LogP contribution in [0.2, 0.25) is 8.67 Å². The number of benzene rings is 1. The molecule has 0 bridgehead atoms. The van der Waals surface area contributed by atoms with Gasteiger partial charge in [0.2, 0.25) is 0 Å². The van der Waals surface area contributed by atoms with E-state index in [2.05, 4.69) is 43.4 Å². The second-order valence-electron chi connectivity index (χ2n) is 5.09.